The summed E-state index contributed by atoms with van der Waals surface area (Å²) in [7, 11) is 0. The Morgan fingerprint density at radius 2 is 2.27 bits per heavy atom. The van der Waals surface area contributed by atoms with E-state index in [0.717, 1.165) is 4.90 Å². The van der Waals surface area contributed by atoms with Crippen LogP contribution in [-0.2, 0) is 4.79 Å². The molecular weight excluding hydrogens is 210 g/mol. The molecular formula is C10H15N3OS. The Morgan fingerprint density at radius 1 is 1.60 bits per heavy atom. The van der Waals surface area contributed by atoms with Crippen molar-refractivity contribution in [1.82, 2.24) is 10.3 Å². The van der Waals surface area contributed by atoms with Crippen LogP contribution in [0.2, 0.25) is 0 Å². The molecule has 1 rings (SSSR count). The van der Waals surface area contributed by atoms with E-state index in [0.29, 0.717) is 12.3 Å². The summed E-state index contributed by atoms with van der Waals surface area (Å²) in [5, 5.41) is 2.80. The number of amides is 1. The molecule has 0 aliphatic heterocycles. The van der Waals surface area contributed by atoms with E-state index in [2.05, 4.69) is 10.3 Å². The van der Waals surface area contributed by atoms with Gasteiger partial charge in [0, 0.05) is 29.9 Å². The van der Waals surface area contributed by atoms with Gasteiger partial charge in [-0.2, -0.15) is 0 Å². The number of carbonyl (C=O) groups is 1. The number of thioether (sulfide) groups is 1. The zero-order chi connectivity index (χ0) is 11.1. The molecule has 1 atom stereocenters. The summed E-state index contributed by atoms with van der Waals surface area (Å²) in [6, 6.07) is 3.80. The van der Waals surface area contributed by atoms with Crippen LogP contribution in [0.25, 0.3) is 0 Å². The van der Waals surface area contributed by atoms with Crippen LogP contribution in [0, 0.1) is 0 Å². The van der Waals surface area contributed by atoms with Crippen LogP contribution in [-0.4, -0.2) is 29.2 Å². The number of nitrogens with zero attached hydrogens (tertiary/aromatic N) is 1. The standard InChI is InChI=1S/C10H15N3OS/c1-8(6-11)13-10(14)7-15-9-2-4-12-5-3-9/h2-5,8H,6-7,11H2,1H3,(H,13,14)/t8-/m1/s1. The van der Waals surface area contributed by atoms with Crippen molar-refractivity contribution >= 4 is 17.7 Å². The van der Waals surface area contributed by atoms with Gasteiger partial charge < -0.3 is 11.1 Å². The topological polar surface area (TPSA) is 68.0 Å². The van der Waals surface area contributed by atoms with Crippen molar-refractivity contribution < 1.29 is 4.79 Å². The third-order valence-electron chi connectivity index (χ3n) is 1.78. The average molecular weight is 225 g/mol. The van der Waals surface area contributed by atoms with E-state index in [1.165, 1.54) is 11.8 Å². The molecule has 1 aromatic heterocycles. The van der Waals surface area contributed by atoms with Crippen LogP contribution in [0.15, 0.2) is 29.4 Å². The second-order valence-corrected chi connectivity index (χ2v) is 4.22. The Hall–Kier alpha value is -1.07. The van der Waals surface area contributed by atoms with Gasteiger partial charge in [0.25, 0.3) is 0 Å². The first-order valence-corrected chi connectivity index (χ1v) is 5.73. The minimum atomic E-state index is 0.00904. The number of carbonyl (C=O) groups excluding carboxylic acids is 1. The smallest absolute Gasteiger partial charge is 0.230 e. The number of rotatable bonds is 5. The molecule has 1 amide bonds. The predicted octanol–water partition coefficient (Wildman–Crippen LogP) is 0.637. The highest BCUT2D eigenvalue weighted by atomic mass is 32.2. The lowest BCUT2D eigenvalue weighted by Crippen LogP contribution is -2.38. The summed E-state index contributed by atoms with van der Waals surface area (Å²) in [6.07, 6.45) is 3.42. The lowest BCUT2D eigenvalue weighted by molar-refractivity contribution is -0.119. The minimum absolute atomic E-state index is 0.00904. The summed E-state index contributed by atoms with van der Waals surface area (Å²) in [5.74, 6) is 0.420. The fourth-order valence-electron chi connectivity index (χ4n) is 0.959. The normalized spacial score (nSPS) is 12.1. The van der Waals surface area contributed by atoms with E-state index in [1.54, 1.807) is 12.4 Å². The maximum Gasteiger partial charge on any atom is 0.230 e. The zero-order valence-corrected chi connectivity index (χ0v) is 9.46. The molecule has 0 bridgehead atoms. The highest BCUT2D eigenvalue weighted by Crippen LogP contribution is 2.15. The number of hydrogen-bond donors (Lipinski definition) is 2. The SMILES string of the molecule is C[C@H](CN)NC(=O)CSc1ccncc1. The van der Waals surface area contributed by atoms with Gasteiger partial charge in [-0.25, -0.2) is 0 Å². The first-order chi connectivity index (χ1) is 7.22. The Labute approximate surface area is 93.7 Å². The molecule has 1 aromatic rings. The van der Waals surface area contributed by atoms with E-state index in [-0.39, 0.29) is 11.9 Å². The number of hydrogen-bond acceptors (Lipinski definition) is 4. The summed E-state index contributed by atoms with van der Waals surface area (Å²) >= 11 is 1.49. The lowest BCUT2D eigenvalue weighted by atomic mass is 10.3. The van der Waals surface area contributed by atoms with Crippen LogP contribution < -0.4 is 11.1 Å². The first-order valence-electron chi connectivity index (χ1n) is 4.74. The van der Waals surface area contributed by atoms with Gasteiger partial charge in [-0.15, -0.1) is 11.8 Å². The van der Waals surface area contributed by atoms with Crippen LogP contribution in [0.3, 0.4) is 0 Å². The maximum absolute atomic E-state index is 11.4. The van der Waals surface area contributed by atoms with Crippen molar-refractivity contribution in [3.8, 4) is 0 Å². The zero-order valence-electron chi connectivity index (χ0n) is 8.64. The van der Waals surface area contributed by atoms with E-state index in [1.807, 2.05) is 19.1 Å². The second-order valence-electron chi connectivity index (χ2n) is 3.18. The van der Waals surface area contributed by atoms with Crippen molar-refractivity contribution in [3.63, 3.8) is 0 Å². The van der Waals surface area contributed by atoms with Crippen molar-refractivity contribution in [1.29, 1.82) is 0 Å². The number of pyridine rings is 1. The molecule has 3 N–H and O–H groups in total. The van der Waals surface area contributed by atoms with Crippen molar-refractivity contribution in [2.75, 3.05) is 12.3 Å². The third-order valence-corrected chi connectivity index (χ3v) is 2.79. The summed E-state index contributed by atoms with van der Waals surface area (Å²) < 4.78 is 0. The van der Waals surface area contributed by atoms with Crippen molar-refractivity contribution in [2.24, 2.45) is 5.73 Å². The molecule has 0 saturated carbocycles. The Kier molecular flexibility index (Phi) is 5.14. The fraction of sp³-hybridized carbons (Fsp3) is 0.400. The molecule has 0 aromatic carbocycles. The third kappa shape index (κ3) is 4.80. The molecule has 5 heteroatoms. The molecule has 0 fully saturated rings. The van der Waals surface area contributed by atoms with E-state index in [4.69, 9.17) is 5.73 Å². The Morgan fingerprint density at radius 3 is 2.87 bits per heavy atom. The van der Waals surface area contributed by atoms with Gasteiger partial charge in [-0.3, -0.25) is 9.78 Å². The van der Waals surface area contributed by atoms with Gasteiger partial charge in [0.15, 0.2) is 0 Å². The van der Waals surface area contributed by atoms with Crippen molar-refractivity contribution in [3.05, 3.63) is 24.5 Å². The Bertz CT molecular complexity index is 305. The first kappa shape index (κ1) is 12.0. The molecule has 0 radical (unpaired) electrons. The average Bonchev–Trinajstić information content (AvgIpc) is 2.27. The minimum Gasteiger partial charge on any atom is -0.352 e. The molecule has 0 saturated heterocycles. The largest absolute Gasteiger partial charge is 0.352 e. The molecule has 15 heavy (non-hydrogen) atoms. The maximum atomic E-state index is 11.4. The van der Waals surface area contributed by atoms with Crippen LogP contribution in [0.1, 0.15) is 6.92 Å². The molecule has 0 spiro atoms. The van der Waals surface area contributed by atoms with Crippen LogP contribution in [0.5, 0.6) is 0 Å². The highest BCUT2D eigenvalue weighted by molar-refractivity contribution is 8.00. The number of nitrogens with one attached hydrogen (secondary N) is 1. The van der Waals surface area contributed by atoms with Crippen LogP contribution >= 0.6 is 11.8 Å². The highest BCUT2D eigenvalue weighted by Gasteiger charge is 2.05. The summed E-state index contributed by atoms with van der Waals surface area (Å²) in [5.41, 5.74) is 5.40. The monoisotopic (exact) mass is 225 g/mol. The van der Waals surface area contributed by atoms with E-state index in [9.17, 15) is 4.79 Å². The van der Waals surface area contributed by atoms with E-state index < -0.39 is 0 Å². The Balaban J connectivity index is 2.29. The number of nitrogens with two attached hydrogens (primary N) is 1. The quantitative estimate of drug-likeness (QED) is 0.721. The molecule has 4 nitrogen and oxygen atoms in total. The van der Waals surface area contributed by atoms with Gasteiger partial charge in [-0.1, -0.05) is 0 Å². The van der Waals surface area contributed by atoms with Crippen molar-refractivity contribution in [2.45, 2.75) is 17.9 Å². The molecule has 1 heterocycles. The van der Waals surface area contributed by atoms with Gasteiger partial charge in [0.05, 0.1) is 5.75 Å². The van der Waals surface area contributed by atoms with Gasteiger partial charge in [-0.05, 0) is 19.1 Å². The predicted molar refractivity (Wildman–Crippen MR) is 61.6 cm³/mol. The molecule has 0 unspecified atom stereocenters. The van der Waals surface area contributed by atoms with Gasteiger partial charge in [0.1, 0.15) is 0 Å². The second kappa shape index (κ2) is 6.42. The summed E-state index contributed by atoms with van der Waals surface area (Å²) in [6.45, 7) is 2.35. The molecule has 82 valence electrons. The molecule has 0 aliphatic carbocycles. The number of aromatic nitrogens is 1. The molecule has 0 aliphatic rings. The van der Waals surface area contributed by atoms with Gasteiger partial charge in [0.2, 0.25) is 5.91 Å². The summed E-state index contributed by atoms with van der Waals surface area (Å²) in [4.78, 5) is 16.3. The van der Waals surface area contributed by atoms with E-state index >= 15 is 0 Å². The van der Waals surface area contributed by atoms with Gasteiger partial charge >= 0.3 is 0 Å². The fourth-order valence-corrected chi connectivity index (χ4v) is 1.65. The van der Waals surface area contributed by atoms with Crippen LogP contribution in [0.4, 0.5) is 0 Å². The lowest BCUT2D eigenvalue weighted by Gasteiger charge is -2.10.